The first-order valence-corrected chi connectivity index (χ1v) is 6.91. The SMILES string of the molecule is CN(Cc1cccc(C(F)(F)F)c1)C(=O)[C@@H](N)Cc1cnc[nH]1. The van der Waals surface area contributed by atoms with Crippen LogP contribution in [0.3, 0.4) is 0 Å². The maximum absolute atomic E-state index is 12.7. The minimum absolute atomic E-state index is 0.0550. The molecule has 0 aliphatic carbocycles. The normalized spacial score (nSPS) is 12.9. The molecular formula is C15H17F3N4O. The lowest BCUT2D eigenvalue weighted by Gasteiger charge is -2.21. The summed E-state index contributed by atoms with van der Waals surface area (Å²) in [5, 5.41) is 0. The lowest BCUT2D eigenvalue weighted by molar-refractivity contribution is -0.137. The molecule has 2 aromatic rings. The van der Waals surface area contributed by atoms with E-state index in [1.165, 1.54) is 24.3 Å². The highest BCUT2D eigenvalue weighted by Crippen LogP contribution is 2.29. The number of alkyl halides is 3. The van der Waals surface area contributed by atoms with E-state index in [2.05, 4.69) is 9.97 Å². The van der Waals surface area contributed by atoms with Crippen molar-refractivity contribution in [2.45, 2.75) is 25.2 Å². The Balaban J connectivity index is 2.00. The van der Waals surface area contributed by atoms with Crippen molar-refractivity contribution in [3.05, 3.63) is 53.6 Å². The first-order valence-electron chi connectivity index (χ1n) is 6.91. The summed E-state index contributed by atoms with van der Waals surface area (Å²) in [5.74, 6) is -0.350. The summed E-state index contributed by atoms with van der Waals surface area (Å²) in [7, 11) is 1.51. The standard InChI is InChI=1S/C15H17F3N4O/c1-22(14(23)13(19)6-12-7-20-9-21-12)8-10-3-2-4-11(5-10)15(16,17)18/h2-5,7,9,13H,6,8,19H2,1H3,(H,20,21)/t13-/m0/s1. The molecule has 0 saturated carbocycles. The van der Waals surface area contributed by atoms with Crippen LogP contribution >= 0.6 is 0 Å². The van der Waals surface area contributed by atoms with Crippen LogP contribution in [0.25, 0.3) is 0 Å². The van der Waals surface area contributed by atoms with E-state index in [1.807, 2.05) is 0 Å². The number of hydrogen-bond acceptors (Lipinski definition) is 3. The van der Waals surface area contributed by atoms with E-state index >= 15 is 0 Å². The maximum Gasteiger partial charge on any atom is 0.416 e. The van der Waals surface area contributed by atoms with Gasteiger partial charge in [-0.1, -0.05) is 12.1 Å². The Morgan fingerprint density at radius 2 is 2.17 bits per heavy atom. The third-order valence-corrected chi connectivity index (χ3v) is 3.36. The van der Waals surface area contributed by atoms with E-state index in [-0.39, 0.29) is 18.9 Å². The zero-order chi connectivity index (χ0) is 17.0. The number of imidazole rings is 1. The number of rotatable bonds is 5. The fourth-order valence-electron chi connectivity index (χ4n) is 2.20. The molecule has 1 atom stereocenters. The number of nitrogens with one attached hydrogen (secondary N) is 1. The van der Waals surface area contributed by atoms with Crippen molar-refractivity contribution < 1.29 is 18.0 Å². The fraction of sp³-hybridized carbons (Fsp3) is 0.333. The summed E-state index contributed by atoms with van der Waals surface area (Å²) >= 11 is 0. The Morgan fingerprint density at radius 1 is 1.43 bits per heavy atom. The number of amides is 1. The van der Waals surface area contributed by atoms with E-state index in [4.69, 9.17) is 5.73 Å². The molecule has 8 heteroatoms. The van der Waals surface area contributed by atoms with Crippen LogP contribution in [0.15, 0.2) is 36.8 Å². The van der Waals surface area contributed by atoms with Crippen molar-refractivity contribution in [3.63, 3.8) is 0 Å². The van der Waals surface area contributed by atoms with Gasteiger partial charge in [-0.3, -0.25) is 4.79 Å². The number of hydrogen-bond donors (Lipinski definition) is 2. The van der Waals surface area contributed by atoms with Crippen LogP contribution in [0, 0.1) is 0 Å². The van der Waals surface area contributed by atoms with Gasteiger partial charge in [0.2, 0.25) is 5.91 Å². The second-order valence-electron chi connectivity index (χ2n) is 5.28. The lowest BCUT2D eigenvalue weighted by Crippen LogP contribution is -2.42. The van der Waals surface area contributed by atoms with Crippen molar-refractivity contribution in [1.29, 1.82) is 0 Å². The molecule has 0 unspecified atom stereocenters. The third kappa shape index (κ3) is 4.56. The highest BCUT2D eigenvalue weighted by Gasteiger charge is 2.30. The summed E-state index contributed by atoms with van der Waals surface area (Å²) < 4.78 is 38.1. The molecule has 0 radical (unpaired) electrons. The van der Waals surface area contributed by atoms with Crippen molar-refractivity contribution in [2.75, 3.05) is 7.05 Å². The van der Waals surface area contributed by atoms with Crippen molar-refractivity contribution in [2.24, 2.45) is 5.73 Å². The van der Waals surface area contributed by atoms with E-state index in [0.717, 1.165) is 17.8 Å². The van der Waals surface area contributed by atoms with Gasteiger partial charge >= 0.3 is 6.18 Å². The van der Waals surface area contributed by atoms with Gasteiger partial charge in [0.25, 0.3) is 0 Å². The molecule has 124 valence electrons. The van der Waals surface area contributed by atoms with Gasteiger partial charge in [0.15, 0.2) is 0 Å². The average molecular weight is 326 g/mol. The molecule has 23 heavy (non-hydrogen) atoms. The predicted molar refractivity (Wildman–Crippen MR) is 78.2 cm³/mol. The van der Waals surface area contributed by atoms with Crippen LogP contribution in [0.2, 0.25) is 0 Å². The van der Waals surface area contributed by atoms with E-state index < -0.39 is 17.8 Å². The number of benzene rings is 1. The van der Waals surface area contributed by atoms with Crippen LogP contribution in [-0.2, 0) is 23.9 Å². The molecule has 0 saturated heterocycles. The molecule has 0 bridgehead atoms. The molecule has 3 N–H and O–H groups in total. The predicted octanol–water partition coefficient (Wildman–Crippen LogP) is 1.96. The second kappa shape index (κ2) is 6.82. The number of carbonyl (C=O) groups is 1. The van der Waals surface area contributed by atoms with Crippen molar-refractivity contribution >= 4 is 5.91 Å². The average Bonchev–Trinajstić information content (AvgIpc) is 2.98. The molecule has 0 aliphatic rings. The van der Waals surface area contributed by atoms with Gasteiger partial charge < -0.3 is 15.6 Å². The Morgan fingerprint density at radius 3 is 2.78 bits per heavy atom. The number of nitrogens with two attached hydrogens (primary N) is 1. The van der Waals surface area contributed by atoms with Crippen molar-refractivity contribution in [3.8, 4) is 0 Å². The van der Waals surface area contributed by atoms with Crippen LogP contribution in [0.1, 0.15) is 16.8 Å². The number of nitrogens with zero attached hydrogens (tertiary/aromatic N) is 2. The smallest absolute Gasteiger partial charge is 0.348 e. The van der Waals surface area contributed by atoms with Crippen LogP contribution in [0.5, 0.6) is 0 Å². The summed E-state index contributed by atoms with van der Waals surface area (Å²) in [6.45, 7) is 0.0550. The fourth-order valence-corrected chi connectivity index (χ4v) is 2.20. The Hall–Kier alpha value is -2.35. The highest BCUT2D eigenvalue weighted by molar-refractivity contribution is 5.81. The lowest BCUT2D eigenvalue weighted by atomic mass is 10.1. The summed E-state index contributed by atoms with van der Waals surface area (Å²) in [6.07, 6.45) is -1.07. The maximum atomic E-state index is 12.7. The number of halogens is 3. The minimum atomic E-state index is -4.41. The molecule has 5 nitrogen and oxygen atoms in total. The molecule has 0 fully saturated rings. The van der Waals surface area contributed by atoms with Crippen LogP contribution < -0.4 is 5.73 Å². The monoisotopic (exact) mass is 326 g/mol. The largest absolute Gasteiger partial charge is 0.416 e. The Kier molecular flexibility index (Phi) is 5.05. The zero-order valence-electron chi connectivity index (χ0n) is 12.5. The molecule has 1 amide bonds. The van der Waals surface area contributed by atoms with Gasteiger partial charge in [0, 0.05) is 31.9 Å². The van der Waals surface area contributed by atoms with Gasteiger partial charge in [0.1, 0.15) is 0 Å². The van der Waals surface area contributed by atoms with E-state index in [1.54, 1.807) is 12.3 Å². The first kappa shape index (κ1) is 17.0. The van der Waals surface area contributed by atoms with Crippen LogP contribution in [0.4, 0.5) is 13.2 Å². The molecule has 2 rings (SSSR count). The first-order chi connectivity index (χ1) is 10.8. The van der Waals surface area contributed by atoms with Crippen molar-refractivity contribution in [1.82, 2.24) is 14.9 Å². The minimum Gasteiger partial charge on any atom is -0.348 e. The quantitative estimate of drug-likeness (QED) is 0.882. The topological polar surface area (TPSA) is 75.0 Å². The molecule has 0 spiro atoms. The number of aromatic amines is 1. The Labute approximate surface area is 131 Å². The Bertz CT molecular complexity index is 655. The molecular weight excluding hydrogens is 309 g/mol. The van der Waals surface area contributed by atoms with Gasteiger partial charge in [-0.2, -0.15) is 13.2 Å². The molecule has 1 aromatic heterocycles. The van der Waals surface area contributed by atoms with E-state index in [0.29, 0.717) is 5.56 Å². The third-order valence-electron chi connectivity index (χ3n) is 3.36. The van der Waals surface area contributed by atoms with Gasteiger partial charge in [-0.15, -0.1) is 0 Å². The number of aromatic nitrogens is 2. The number of likely N-dealkylation sites (N-methyl/N-ethyl adjacent to an activating group) is 1. The molecule has 0 aliphatic heterocycles. The highest BCUT2D eigenvalue weighted by atomic mass is 19.4. The summed E-state index contributed by atoms with van der Waals surface area (Å²) in [4.78, 5) is 20.2. The van der Waals surface area contributed by atoms with Crippen LogP contribution in [-0.4, -0.2) is 33.9 Å². The molecule has 1 aromatic carbocycles. The zero-order valence-corrected chi connectivity index (χ0v) is 12.5. The van der Waals surface area contributed by atoms with Gasteiger partial charge in [-0.25, -0.2) is 4.98 Å². The molecule has 1 heterocycles. The summed E-state index contributed by atoms with van der Waals surface area (Å²) in [6, 6.07) is 4.10. The summed E-state index contributed by atoms with van der Waals surface area (Å²) in [5.41, 5.74) is 6.22. The number of H-pyrrole nitrogens is 1. The van der Waals surface area contributed by atoms with Gasteiger partial charge in [-0.05, 0) is 17.7 Å². The number of carbonyl (C=O) groups excluding carboxylic acids is 1. The van der Waals surface area contributed by atoms with Gasteiger partial charge in [0.05, 0.1) is 17.9 Å². The van der Waals surface area contributed by atoms with E-state index in [9.17, 15) is 18.0 Å². The second-order valence-corrected chi connectivity index (χ2v) is 5.28.